The predicted octanol–water partition coefficient (Wildman–Crippen LogP) is 3.24. The van der Waals surface area contributed by atoms with E-state index in [1.165, 1.54) is 0 Å². The van der Waals surface area contributed by atoms with Crippen LogP contribution in [0.4, 0.5) is 0 Å². The van der Waals surface area contributed by atoms with Crippen molar-refractivity contribution in [3.63, 3.8) is 0 Å². The van der Waals surface area contributed by atoms with Crippen LogP contribution in [0.5, 0.6) is 11.5 Å². The van der Waals surface area contributed by atoms with Gasteiger partial charge in [0.1, 0.15) is 23.0 Å². The Labute approximate surface area is 130 Å². The van der Waals surface area contributed by atoms with Crippen molar-refractivity contribution in [3.05, 3.63) is 47.9 Å². The summed E-state index contributed by atoms with van der Waals surface area (Å²) < 4.78 is 16.2. The van der Waals surface area contributed by atoms with E-state index in [1.54, 1.807) is 38.3 Å². The average Bonchev–Trinajstić information content (AvgIpc) is 2.94. The molecule has 1 aromatic carbocycles. The minimum absolute atomic E-state index is 0.197. The molecular formula is C17H21NO4. The van der Waals surface area contributed by atoms with Gasteiger partial charge < -0.3 is 19.2 Å². The van der Waals surface area contributed by atoms with E-state index in [9.17, 15) is 4.79 Å². The van der Waals surface area contributed by atoms with Gasteiger partial charge in [-0.1, -0.05) is 0 Å². The van der Waals surface area contributed by atoms with Crippen molar-refractivity contribution >= 4 is 5.91 Å². The molecule has 2 aromatic rings. The molecular weight excluding hydrogens is 282 g/mol. The molecule has 0 saturated carbocycles. The standard InChI is InChI=1S/C17H21NO4/c1-11-5-10-16(21-11)12(2)18-17(19)13(3)22-15-8-6-14(20-4)7-9-15/h5-10,12-13H,1-4H3,(H,18,19). The average molecular weight is 303 g/mol. The zero-order valence-electron chi connectivity index (χ0n) is 13.3. The number of carbonyl (C=O) groups excluding carboxylic acids is 1. The largest absolute Gasteiger partial charge is 0.497 e. The summed E-state index contributed by atoms with van der Waals surface area (Å²) in [6.07, 6.45) is -0.605. The maximum atomic E-state index is 12.2. The molecule has 2 atom stereocenters. The first-order valence-corrected chi connectivity index (χ1v) is 7.17. The van der Waals surface area contributed by atoms with Crippen LogP contribution >= 0.6 is 0 Å². The number of methoxy groups -OCH3 is 1. The van der Waals surface area contributed by atoms with E-state index in [-0.39, 0.29) is 11.9 Å². The molecule has 1 heterocycles. The first-order valence-electron chi connectivity index (χ1n) is 7.17. The lowest BCUT2D eigenvalue weighted by atomic mass is 10.2. The van der Waals surface area contributed by atoms with Crippen LogP contribution in [0, 0.1) is 6.92 Å². The molecule has 5 heteroatoms. The SMILES string of the molecule is COc1ccc(OC(C)C(=O)NC(C)c2ccc(C)o2)cc1. The molecule has 0 bridgehead atoms. The van der Waals surface area contributed by atoms with E-state index in [0.29, 0.717) is 5.75 Å². The van der Waals surface area contributed by atoms with Gasteiger partial charge in [-0.05, 0) is 57.2 Å². The molecule has 1 aromatic heterocycles. The van der Waals surface area contributed by atoms with Crippen LogP contribution in [0.3, 0.4) is 0 Å². The van der Waals surface area contributed by atoms with Gasteiger partial charge in [0.25, 0.3) is 5.91 Å². The Balaban J connectivity index is 1.91. The van der Waals surface area contributed by atoms with E-state index >= 15 is 0 Å². The van der Waals surface area contributed by atoms with Crippen molar-refractivity contribution in [2.45, 2.75) is 32.9 Å². The summed E-state index contributed by atoms with van der Waals surface area (Å²) in [4.78, 5) is 12.2. The molecule has 1 amide bonds. The molecule has 22 heavy (non-hydrogen) atoms. The van der Waals surface area contributed by atoms with Gasteiger partial charge >= 0.3 is 0 Å². The lowest BCUT2D eigenvalue weighted by Gasteiger charge is -2.17. The van der Waals surface area contributed by atoms with Crippen LogP contribution in [0.1, 0.15) is 31.4 Å². The second-order valence-electron chi connectivity index (χ2n) is 5.11. The molecule has 0 aliphatic heterocycles. The van der Waals surface area contributed by atoms with E-state index in [2.05, 4.69) is 5.32 Å². The number of amides is 1. The molecule has 0 radical (unpaired) electrons. The molecule has 0 spiro atoms. The molecule has 2 rings (SSSR count). The van der Waals surface area contributed by atoms with Gasteiger partial charge in [0.15, 0.2) is 6.10 Å². The van der Waals surface area contributed by atoms with E-state index in [4.69, 9.17) is 13.9 Å². The number of aryl methyl sites for hydroxylation is 1. The van der Waals surface area contributed by atoms with Crippen molar-refractivity contribution in [1.82, 2.24) is 5.32 Å². The molecule has 5 nitrogen and oxygen atoms in total. The fourth-order valence-electron chi connectivity index (χ4n) is 2.00. The van der Waals surface area contributed by atoms with Gasteiger partial charge in [-0.3, -0.25) is 4.79 Å². The fraction of sp³-hybridized carbons (Fsp3) is 0.353. The number of furan rings is 1. The number of hydrogen-bond acceptors (Lipinski definition) is 4. The van der Waals surface area contributed by atoms with Gasteiger partial charge in [-0.25, -0.2) is 0 Å². The third kappa shape index (κ3) is 4.04. The summed E-state index contributed by atoms with van der Waals surface area (Å²) in [7, 11) is 1.60. The number of benzene rings is 1. The second kappa shape index (κ2) is 7.02. The van der Waals surface area contributed by atoms with E-state index in [0.717, 1.165) is 17.3 Å². The van der Waals surface area contributed by atoms with E-state index < -0.39 is 6.10 Å². The van der Waals surface area contributed by atoms with Crippen LogP contribution in [-0.4, -0.2) is 19.1 Å². The first kappa shape index (κ1) is 15.9. The summed E-state index contributed by atoms with van der Waals surface area (Å²) >= 11 is 0. The summed E-state index contributed by atoms with van der Waals surface area (Å²) in [5, 5.41) is 2.87. The maximum Gasteiger partial charge on any atom is 0.261 e. The lowest BCUT2D eigenvalue weighted by Crippen LogP contribution is -2.37. The summed E-state index contributed by atoms with van der Waals surface area (Å²) in [5.41, 5.74) is 0. The van der Waals surface area contributed by atoms with Gasteiger partial charge in [0, 0.05) is 0 Å². The highest BCUT2D eigenvalue weighted by Gasteiger charge is 2.19. The van der Waals surface area contributed by atoms with Crippen molar-refractivity contribution < 1.29 is 18.7 Å². The highest BCUT2D eigenvalue weighted by atomic mass is 16.5. The Kier molecular flexibility index (Phi) is 5.09. The van der Waals surface area contributed by atoms with Crippen molar-refractivity contribution in [2.75, 3.05) is 7.11 Å². The Hall–Kier alpha value is -2.43. The van der Waals surface area contributed by atoms with Gasteiger partial charge in [-0.2, -0.15) is 0 Å². The minimum atomic E-state index is -0.605. The number of ether oxygens (including phenoxy) is 2. The summed E-state index contributed by atoms with van der Waals surface area (Å²) in [6, 6.07) is 10.6. The summed E-state index contributed by atoms with van der Waals surface area (Å²) in [5.74, 6) is 2.70. The summed E-state index contributed by atoms with van der Waals surface area (Å²) in [6.45, 7) is 5.45. The normalized spacial score (nSPS) is 13.3. The van der Waals surface area contributed by atoms with Crippen LogP contribution in [-0.2, 0) is 4.79 Å². The van der Waals surface area contributed by atoms with Gasteiger partial charge in [0.2, 0.25) is 0 Å². The number of carbonyl (C=O) groups is 1. The van der Waals surface area contributed by atoms with Gasteiger partial charge in [-0.15, -0.1) is 0 Å². The Morgan fingerprint density at radius 2 is 1.73 bits per heavy atom. The molecule has 0 aliphatic carbocycles. The van der Waals surface area contributed by atoms with Crippen LogP contribution in [0.15, 0.2) is 40.8 Å². The quantitative estimate of drug-likeness (QED) is 0.890. The lowest BCUT2D eigenvalue weighted by molar-refractivity contribution is -0.128. The zero-order valence-corrected chi connectivity index (χ0v) is 13.3. The molecule has 1 N–H and O–H groups in total. The van der Waals surface area contributed by atoms with Crippen molar-refractivity contribution in [1.29, 1.82) is 0 Å². The third-order valence-corrected chi connectivity index (χ3v) is 3.29. The number of rotatable bonds is 6. The first-order chi connectivity index (χ1) is 10.5. The third-order valence-electron chi connectivity index (χ3n) is 3.29. The molecule has 0 aliphatic rings. The zero-order chi connectivity index (χ0) is 16.1. The predicted molar refractivity (Wildman–Crippen MR) is 83.1 cm³/mol. The maximum absolute atomic E-state index is 12.2. The fourth-order valence-corrected chi connectivity index (χ4v) is 2.00. The Bertz CT molecular complexity index is 618. The Morgan fingerprint density at radius 1 is 1.09 bits per heavy atom. The van der Waals surface area contributed by atoms with Crippen molar-refractivity contribution in [2.24, 2.45) is 0 Å². The van der Waals surface area contributed by atoms with Gasteiger partial charge in [0.05, 0.1) is 13.2 Å². The van der Waals surface area contributed by atoms with Crippen LogP contribution < -0.4 is 14.8 Å². The van der Waals surface area contributed by atoms with Crippen LogP contribution in [0.2, 0.25) is 0 Å². The topological polar surface area (TPSA) is 60.7 Å². The molecule has 0 fully saturated rings. The highest BCUT2D eigenvalue weighted by Crippen LogP contribution is 2.19. The molecule has 2 unspecified atom stereocenters. The monoisotopic (exact) mass is 303 g/mol. The second-order valence-corrected chi connectivity index (χ2v) is 5.11. The van der Waals surface area contributed by atoms with Crippen LogP contribution in [0.25, 0.3) is 0 Å². The minimum Gasteiger partial charge on any atom is -0.497 e. The molecule has 0 saturated heterocycles. The highest BCUT2D eigenvalue weighted by molar-refractivity contribution is 5.81. The van der Waals surface area contributed by atoms with E-state index in [1.807, 2.05) is 26.0 Å². The van der Waals surface area contributed by atoms with Crippen molar-refractivity contribution in [3.8, 4) is 11.5 Å². The Morgan fingerprint density at radius 3 is 2.27 bits per heavy atom. The molecule has 118 valence electrons. The smallest absolute Gasteiger partial charge is 0.261 e. The number of hydrogen-bond donors (Lipinski definition) is 1. The number of nitrogens with one attached hydrogen (secondary N) is 1.